The fourth-order valence-corrected chi connectivity index (χ4v) is 3.44. The number of carbonyl (C=O) groups is 1. The second-order valence-electron chi connectivity index (χ2n) is 4.80. The van der Waals surface area contributed by atoms with E-state index in [0.29, 0.717) is 10.7 Å². The number of carbonyl (C=O) groups excluding carboxylic acids is 1. The van der Waals surface area contributed by atoms with E-state index < -0.39 is 22.0 Å². The second kappa shape index (κ2) is 7.44. The zero-order valence-electron chi connectivity index (χ0n) is 12.1. The molecule has 2 aromatic rings. The average molecular weight is 418 g/mol. The van der Waals surface area contributed by atoms with E-state index in [1.807, 2.05) is 0 Å². The molecule has 0 saturated carbocycles. The first-order valence-electron chi connectivity index (χ1n) is 6.62. The molecule has 0 aliphatic carbocycles. The van der Waals surface area contributed by atoms with Crippen LogP contribution in [0.25, 0.3) is 0 Å². The van der Waals surface area contributed by atoms with Gasteiger partial charge in [-0.05, 0) is 49.4 Å². The molecule has 2 rings (SSSR count). The first kappa shape index (κ1) is 17.9. The summed E-state index contributed by atoms with van der Waals surface area (Å²) < 4.78 is 27.6. The molecule has 122 valence electrons. The molecule has 5 nitrogen and oxygen atoms in total. The molecular formula is C15H14BrClN2O3S. The van der Waals surface area contributed by atoms with Gasteiger partial charge in [0, 0.05) is 15.2 Å². The number of amides is 1. The van der Waals surface area contributed by atoms with Gasteiger partial charge in [0.15, 0.2) is 0 Å². The summed E-state index contributed by atoms with van der Waals surface area (Å²) in [4.78, 5) is 12.2. The molecule has 0 fully saturated rings. The number of rotatable bonds is 5. The number of halogens is 2. The highest BCUT2D eigenvalue weighted by Gasteiger charge is 2.22. The Bertz CT molecular complexity index is 810. The van der Waals surface area contributed by atoms with E-state index in [9.17, 15) is 13.2 Å². The Balaban J connectivity index is 2.06. The van der Waals surface area contributed by atoms with Crippen LogP contribution in [0, 0.1) is 0 Å². The lowest BCUT2D eigenvalue weighted by Crippen LogP contribution is -2.41. The van der Waals surface area contributed by atoms with E-state index in [-0.39, 0.29) is 4.90 Å². The van der Waals surface area contributed by atoms with Crippen molar-refractivity contribution in [2.45, 2.75) is 17.9 Å². The Hall–Kier alpha value is -1.41. The number of hydrogen-bond donors (Lipinski definition) is 2. The van der Waals surface area contributed by atoms with Crippen LogP contribution in [0.2, 0.25) is 5.02 Å². The van der Waals surface area contributed by atoms with Crippen molar-refractivity contribution < 1.29 is 13.2 Å². The lowest BCUT2D eigenvalue weighted by Gasteiger charge is -2.14. The van der Waals surface area contributed by atoms with E-state index >= 15 is 0 Å². The third-order valence-electron chi connectivity index (χ3n) is 2.94. The molecule has 1 amide bonds. The predicted molar refractivity (Wildman–Crippen MR) is 94.0 cm³/mol. The van der Waals surface area contributed by atoms with Crippen molar-refractivity contribution in [2.24, 2.45) is 0 Å². The van der Waals surface area contributed by atoms with E-state index in [4.69, 9.17) is 11.6 Å². The predicted octanol–water partition coefficient (Wildman–Crippen LogP) is 3.41. The van der Waals surface area contributed by atoms with E-state index in [1.54, 1.807) is 36.4 Å². The number of anilines is 1. The van der Waals surface area contributed by atoms with Gasteiger partial charge in [0.2, 0.25) is 15.9 Å². The zero-order chi connectivity index (χ0) is 17.0. The minimum Gasteiger partial charge on any atom is -0.325 e. The quantitative estimate of drug-likeness (QED) is 0.783. The molecular weight excluding hydrogens is 404 g/mol. The third-order valence-corrected chi connectivity index (χ3v) is 5.26. The van der Waals surface area contributed by atoms with Gasteiger partial charge in [0.1, 0.15) is 0 Å². The molecule has 0 heterocycles. The Morgan fingerprint density at radius 1 is 1.17 bits per heavy atom. The van der Waals surface area contributed by atoms with Crippen molar-refractivity contribution >= 4 is 49.1 Å². The molecule has 0 unspecified atom stereocenters. The maximum atomic E-state index is 12.2. The van der Waals surface area contributed by atoms with Crippen LogP contribution in [0.5, 0.6) is 0 Å². The van der Waals surface area contributed by atoms with Crippen LogP contribution in [0.15, 0.2) is 57.9 Å². The van der Waals surface area contributed by atoms with Crippen molar-refractivity contribution in [1.82, 2.24) is 4.72 Å². The molecule has 0 aliphatic rings. The number of nitrogens with one attached hydrogen (secondary N) is 2. The number of hydrogen-bond acceptors (Lipinski definition) is 3. The molecule has 0 aliphatic heterocycles. The lowest BCUT2D eigenvalue weighted by molar-refractivity contribution is -0.117. The molecule has 1 atom stereocenters. The lowest BCUT2D eigenvalue weighted by atomic mass is 10.3. The van der Waals surface area contributed by atoms with Crippen LogP contribution >= 0.6 is 27.5 Å². The van der Waals surface area contributed by atoms with Gasteiger partial charge in [-0.25, -0.2) is 8.42 Å². The molecule has 0 aromatic heterocycles. The Morgan fingerprint density at radius 2 is 1.83 bits per heavy atom. The van der Waals surface area contributed by atoms with Crippen LogP contribution in [-0.2, 0) is 14.8 Å². The smallest absolute Gasteiger partial charge is 0.242 e. The summed E-state index contributed by atoms with van der Waals surface area (Å²) in [5.41, 5.74) is 0.497. The van der Waals surface area contributed by atoms with Gasteiger partial charge in [0.05, 0.1) is 10.9 Å². The number of sulfonamides is 1. The molecule has 2 aromatic carbocycles. The van der Waals surface area contributed by atoms with Gasteiger partial charge in [0.25, 0.3) is 0 Å². The van der Waals surface area contributed by atoms with E-state index in [1.165, 1.54) is 19.1 Å². The number of benzene rings is 2. The fourth-order valence-electron chi connectivity index (χ4n) is 1.78. The minimum atomic E-state index is -3.78. The molecule has 8 heteroatoms. The van der Waals surface area contributed by atoms with Crippen LogP contribution in [0.1, 0.15) is 6.92 Å². The average Bonchev–Trinajstić information content (AvgIpc) is 2.47. The normalized spacial score (nSPS) is 12.7. The zero-order valence-corrected chi connectivity index (χ0v) is 15.2. The monoisotopic (exact) mass is 416 g/mol. The van der Waals surface area contributed by atoms with Gasteiger partial charge >= 0.3 is 0 Å². The first-order valence-corrected chi connectivity index (χ1v) is 9.28. The SMILES string of the molecule is C[C@@H](NS(=O)(=O)c1ccc(Br)cc1)C(=O)Nc1cccc(Cl)c1. The first-order chi connectivity index (χ1) is 10.8. The standard InChI is InChI=1S/C15H14BrClN2O3S/c1-10(15(20)18-13-4-2-3-12(17)9-13)19-23(21,22)14-7-5-11(16)6-8-14/h2-10,19H,1H3,(H,18,20)/t10-/m1/s1. The highest BCUT2D eigenvalue weighted by Crippen LogP contribution is 2.16. The van der Waals surface area contributed by atoms with Crippen LogP contribution in [-0.4, -0.2) is 20.4 Å². The maximum absolute atomic E-state index is 12.2. The summed E-state index contributed by atoms with van der Waals surface area (Å²) in [7, 11) is -3.78. The highest BCUT2D eigenvalue weighted by molar-refractivity contribution is 9.10. The third kappa shape index (κ3) is 5.04. The van der Waals surface area contributed by atoms with Gasteiger partial charge < -0.3 is 5.32 Å². The van der Waals surface area contributed by atoms with Crippen LogP contribution in [0.4, 0.5) is 5.69 Å². The van der Waals surface area contributed by atoms with Gasteiger partial charge in [-0.1, -0.05) is 33.6 Å². The topological polar surface area (TPSA) is 75.3 Å². The van der Waals surface area contributed by atoms with Gasteiger partial charge in [-0.2, -0.15) is 4.72 Å². The van der Waals surface area contributed by atoms with Gasteiger partial charge in [-0.15, -0.1) is 0 Å². The Morgan fingerprint density at radius 3 is 2.43 bits per heavy atom. The van der Waals surface area contributed by atoms with E-state index in [0.717, 1.165) is 4.47 Å². The second-order valence-corrected chi connectivity index (χ2v) is 7.86. The Labute approximate surface area is 148 Å². The van der Waals surface area contributed by atoms with Crippen LogP contribution in [0.3, 0.4) is 0 Å². The maximum Gasteiger partial charge on any atom is 0.242 e. The molecule has 0 spiro atoms. The largest absolute Gasteiger partial charge is 0.325 e. The van der Waals surface area contributed by atoms with Crippen molar-refractivity contribution in [3.05, 3.63) is 58.0 Å². The van der Waals surface area contributed by atoms with Crippen LogP contribution < -0.4 is 10.0 Å². The summed E-state index contributed by atoms with van der Waals surface area (Å²) in [5, 5.41) is 3.09. The molecule has 0 bridgehead atoms. The van der Waals surface area contributed by atoms with Crippen molar-refractivity contribution in [1.29, 1.82) is 0 Å². The summed E-state index contributed by atoms with van der Waals surface area (Å²) in [6.45, 7) is 1.47. The summed E-state index contributed by atoms with van der Waals surface area (Å²) in [5.74, 6) is -0.479. The van der Waals surface area contributed by atoms with Gasteiger partial charge in [-0.3, -0.25) is 4.79 Å². The summed E-state index contributed by atoms with van der Waals surface area (Å²) >= 11 is 9.08. The summed E-state index contributed by atoms with van der Waals surface area (Å²) in [6, 6.07) is 11.8. The Kier molecular flexibility index (Phi) is 5.80. The highest BCUT2D eigenvalue weighted by atomic mass is 79.9. The molecule has 0 radical (unpaired) electrons. The van der Waals surface area contributed by atoms with E-state index in [2.05, 4.69) is 26.0 Å². The van der Waals surface area contributed by atoms with Crippen molar-refractivity contribution in [3.8, 4) is 0 Å². The fraction of sp³-hybridized carbons (Fsp3) is 0.133. The molecule has 0 saturated heterocycles. The van der Waals surface area contributed by atoms with Crippen molar-refractivity contribution in [3.63, 3.8) is 0 Å². The summed E-state index contributed by atoms with van der Waals surface area (Å²) in [6.07, 6.45) is 0. The van der Waals surface area contributed by atoms with Crippen molar-refractivity contribution in [2.75, 3.05) is 5.32 Å². The molecule has 2 N–H and O–H groups in total. The minimum absolute atomic E-state index is 0.0862. The molecule has 23 heavy (non-hydrogen) atoms.